The number of rotatable bonds is 3. The maximum Gasteiger partial charge on any atom is 0.244 e. The molecule has 2 rings (SSSR count). The first-order valence-corrected chi connectivity index (χ1v) is 8.36. The number of amides is 1. The van der Waals surface area contributed by atoms with Gasteiger partial charge in [-0.3, -0.25) is 4.79 Å². The second-order valence-corrected chi connectivity index (χ2v) is 7.50. The third-order valence-electron chi connectivity index (χ3n) is 3.50. The Morgan fingerprint density at radius 3 is 2.76 bits per heavy atom. The quantitative estimate of drug-likeness (QED) is 0.812. The molecule has 0 radical (unpaired) electrons. The summed E-state index contributed by atoms with van der Waals surface area (Å²) in [5.74, 6) is -0.170. The van der Waals surface area contributed by atoms with Crippen LogP contribution in [0.1, 0.15) is 18.9 Å². The average molecular weight is 332 g/mol. The lowest BCUT2D eigenvalue weighted by molar-refractivity contribution is -0.119. The van der Waals surface area contributed by atoms with E-state index in [0.717, 1.165) is 5.56 Å². The molecule has 6 nitrogen and oxygen atoms in total. The molecule has 1 aliphatic heterocycles. The summed E-state index contributed by atoms with van der Waals surface area (Å²) in [5.41, 5.74) is 6.90. The Balaban J connectivity index is 2.28. The Morgan fingerprint density at radius 2 is 2.14 bits per heavy atom. The Morgan fingerprint density at radius 1 is 1.48 bits per heavy atom. The van der Waals surface area contributed by atoms with E-state index in [4.69, 9.17) is 17.3 Å². The lowest BCUT2D eigenvalue weighted by Gasteiger charge is -2.18. The van der Waals surface area contributed by atoms with Crippen LogP contribution < -0.4 is 11.1 Å². The highest BCUT2D eigenvalue weighted by molar-refractivity contribution is 7.89. The Labute approximate surface area is 129 Å². The van der Waals surface area contributed by atoms with Gasteiger partial charge < -0.3 is 11.1 Å². The van der Waals surface area contributed by atoms with E-state index < -0.39 is 10.0 Å². The van der Waals surface area contributed by atoms with Crippen LogP contribution in [0.4, 0.5) is 5.69 Å². The van der Waals surface area contributed by atoms with Crippen LogP contribution in [-0.4, -0.2) is 37.8 Å². The Kier molecular flexibility index (Phi) is 4.46. The third kappa shape index (κ3) is 3.30. The van der Waals surface area contributed by atoms with Crippen LogP contribution in [0.5, 0.6) is 0 Å². The lowest BCUT2D eigenvalue weighted by Crippen LogP contribution is -2.37. The van der Waals surface area contributed by atoms with Gasteiger partial charge >= 0.3 is 0 Å². The van der Waals surface area contributed by atoms with E-state index >= 15 is 0 Å². The zero-order valence-electron chi connectivity index (χ0n) is 11.9. The van der Waals surface area contributed by atoms with Crippen LogP contribution in [0.2, 0.25) is 5.02 Å². The zero-order chi connectivity index (χ0) is 15.8. The molecular formula is C13H18ClN3O3S. The number of carbonyl (C=O) groups excluding carboxylic acids is 1. The van der Waals surface area contributed by atoms with Crippen LogP contribution in [0.25, 0.3) is 0 Å². The first kappa shape index (κ1) is 16.1. The van der Waals surface area contributed by atoms with Crippen LogP contribution in [0, 0.1) is 6.92 Å². The Bertz CT molecular complexity index is 675. The van der Waals surface area contributed by atoms with E-state index in [-0.39, 0.29) is 28.4 Å². The number of nitrogens with one attached hydrogen (secondary N) is 1. The molecule has 1 fully saturated rings. The van der Waals surface area contributed by atoms with Crippen molar-refractivity contribution >= 4 is 33.2 Å². The predicted molar refractivity (Wildman–Crippen MR) is 81.6 cm³/mol. The molecule has 1 aliphatic rings. The van der Waals surface area contributed by atoms with Gasteiger partial charge in [0.05, 0.1) is 5.02 Å². The molecule has 3 N–H and O–H groups in total. The van der Waals surface area contributed by atoms with E-state index in [1.807, 2.05) is 0 Å². The molecule has 0 aliphatic carbocycles. The molecular weight excluding hydrogens is 314 g/mol. The average Bonchev–Trinajstić information content (AvgIpc) is 2.81. The number of halogens is 1. The minimum absolute atomic E-state index is 0.00995. The second kappa shape index (κ2) is 5.82. The molecule has 21 heavy (non-hydrogen) atoms. The van der Waals surface area contributed by atoms with Gasteiger partial charge in [-0.05, 0) is 31.0 Å². The van der Waals surface area contributed by atoms with Gasteiger partial charge in [-0.25, -0.2) is 8.42 Å². The van der Waals surface area contributed by atoms with E-state index in [9.17, 15) is 13.2 Å². The summed E-state index contributed by atoms with van der Waals surface area (Å²) in [4.78, 5) is 11.1. The SMILES string of the molecule is CC(=O)NC1CCN(S(=O)(=O)c2cc(N)c(C)cc2Cl)C1. The molecule has 1 amide bonds. The molecule has 0 bridgehead atoms. The first-order chi connectivity index (χ1) is 9.71. The van der Waals surface area contributed by atoms with Crippen molar-refractivity contribution in [3.63, 3.8) is 0 Å². The van der Waals surface area contributed by atoms with Crippen LogP contribution >= 0.6 is 11.6 Å². The number of nitrogen functional groups attached to an aromatic ring is 1. The van der Waals surface area contributed by atoms with Gasteiger partial charge in [0.2, 0.25) is 15.9 Å². The maximum absolute atomic E-state index is 12.6. The minimum atomic E-state index is -3.71. The van der Waals surface area contributed by atoms with Gasteiger partial charge in [0.15, 0.2) is 0 Å². The highest BCUT2D eigenvalue weighted by Gasteiger charge is 2.34. The monoisotopic (exact) mass is 331 g/mol. The number of nitrogens with zero attached hydrogens (tertiary/aromatic N) is 1. The van der Waals surface area contributed by atoms with Crippen molar-refractivity contribution in [1.29, 1.82) is 0 Å². The molecule has 0 saturated carbocycles. The second-order valence-electron chi connectivity index (χ2n) is 5.19. The number of hydrogen-bond acceptors (Lipinski definition) is 4. The lowest BCUT2D eigenvalue weighted by atomic mass is 10.2. The minimum Gasteiger partial charge on any atom is -0.398 e. The Hall–Kier alpha value is -1.31. The van der Waals surface area contributed by atoms with Gasteiger partial charge in [0.25, 0.3) is 0 Å². The number of sulfonamides is 1. The van der Waals surface area contributed by atoms with Crippen molar-refractivity contribution in [2.24, 2.45) is 0 Å². The number of benzene rings is 1. The molecule has 1 atom stereocenters. The van der Waals surface area contributed by atoms with Crippen molar-refractivity contribution in [3.8, 4) is 0 Å². The molecule has 0 spiro atoms. The number of carbonyl (C=O) groups is 1. The van der Waals surface area contributed by atoms with Crippen molar-refractivity contribution in [2.45, 2.75) is 31.2 Å². The largest absolute Gasteiger partial charge is 0.398 e. The normalized spacial score (nSPS) is 19.7. The molecule has 8 heteroatoms. The van der Waals surface area contributed by atoms with Crippen molar-refractivity contribution in [3.05, 3.63) is 22.7 Å². The summed E-state index contributed by atoms with van der Waals surface area (Å²) in [6.45, 7) is 3.76. The molecule has 116 valence electrons. The van der Waals surface area contributed by atoms with E-state index in [0.29, 0.717) is 18.7 Å². The summed E-state index contributed by atoms with van der Waals surface area (Å²) in [6.07, 6.45) is 0.581. The van der Waals surface area contributed by atoms with Gasteiger partial charge in [-0.2, -0.15) is 4.31 Å². The summed E-state index contributed by atoms with van der Waals surface area (Å²) < 4.78 is 26.6. The van der Waals surface area contributed by atoms with Crippen molar-refractivity contribution in [1.82, 2.24) is 9.62 Å². The molecule has 1 aromatic carbocycles. The van der Waals surface area contributed by atoms with Crippen LogP contribution in [0.3, 0.4) is 0 Å². The molecule has 0 aromatic heterocycles. The van der Waals surface area contributed by atoms with Crippen molar-refractivity contribution < 1.29 is 13.2 Å². The molecule has 1 heterocycles. The van der Waals surface area contributed by atoms with Gasteiger partial charge in [-0.1, -0.05) is 11.6 Å². The molecule has 1 saturated heterocycles. The van der Waals surface area contributed by atoms with E-state index in [1.54, 1.807) is 13.0 Å². The predicted octanol–water partition coefficient (Wildman–Crippen LogP) is 1.13. The maximum atomic E-state index is 12.6. The number of nitrogens with two attached hydrogens (primary N) is 1. The summed E-state index contributed by atoms with van der Waals surface area (Å²) in [6, 6.07) is 2.77. The van der Waals surface area contributed by atoms with Crippen LogP contribution in [-0.2, 0) is 14.8 Å². The summed E-state index contributed by atoms with van der Waals surface area (Å²) in [7, 11) is -3.71. The number of anilines is 1. The fraction of sp³-hybridized carbons (Fsp3) is 0.462. The van der Waals surface area contributed by atoms with Gasteiger partial charge in [0.1, 0.15) is 4.90 Å². The van der Waals surface area contributed by atoms with E-state index in [2.05, 4.69) is 5.32 Å². The topological polar surface area (TPSA) is 92.5 Å². The number of hydrogen-bond donors (Lipinski definition) is 2. The van der Waals surface area contributed by atoms with Crippen LogP contribution in [0.15, 0.2) is 17.0 Å². The highest BCUT2D eigenvalue weighted by Crippen LogP contribution is 2.30. The fourth-order valence-electron chi connectivity index (χ4n) is 2.36. The smallest absolute Gasteiger partial charge is 0.244 e. The van der Waals surface area contributed by atoms with Gasteiger partial charge in [-0.15, -0.1) is 0 Å². The first-order valence-electron chi connectivity index (χ1n) is 6.54. The fourth-order valence-corrected chi connectivity index (χ4v) is 4.45. The molecule has 1 aromatic rings. The van der Waals surface area contributed by atoms with Gasteiger partial charge in [0, 0.05) is 31.7 Å². The zero-order valence-corrected chi connectivity index (χ0v) is 13.5. The van der Waals surface area contributed by atoms with Crippen molar-refractivity contribution in [2.75, 3.05) is 18.8 Å². The van der Waals surface area contributed by atoms with E-state index in [1.165, 1.54) is 17.3 Å². The number of aryl methyl sites for hydroxylation is 1. The summed E-state index contributed by atoms with van der Waals surface area (Å²) >= 11 is 6.05. The molecule has 1 unspecified atom stereocenters. The summed E-state index contributed by atoms with van der Waals surface area (Å²) in [5, 5.41) is 2.88. The highest BCUT2D eigenvalue weighted by atomic mass is 35.5. The third-order valence-corrected chi connectivity index (χ3v) is 5.83. The standard InChI is InChI=1S/C13H18ClN3O3S/c1-8-5-11(14)13(6-12(8)15)21(19,20)17-4-3-10(7-17)16-9(2)18/h5-6,10H,3-4,7,15H2,1-2H3,(H,16,18).